The van der Waals surface area contributed by atoms with Crippen molar-refractivity contribution in [2.24, 2.45) is 0 Å². The number of sulfonamides is 1. The summed E-state index contributed by atoms with van der Waals surface area (Å²) in [6.45, 7) is 3.58. The van der Waals surface area contributed by atoms with Gasteiger partial charge >= 0.3 is 0 Å². The SMILES string of the molecule is COc1ccc(S(=O)(=O)N2CCN(C(C#N)c3cccs3)CC2)c(C)c1. The van der Waals surface area contributed by atoms with E-state index in [1.807, 2.05) is 22.4 Å². The summed E-state index contributed by atoms with van der Waals surface area (Å²) in [6.07, 6.45) is 0. The highest BCUT2D eigenvalue weighted by atomic mass is 32.2. The Morgan fingerprint density at radius 3 is 2.50 bits per heavy atom. The molecule has 3 rings (SSSR count). The van der Waals surface area contributed by atoms with Crippen LogP contribution in [-0.4, -0.2) is 50.9 Å². The second-order valence-corrected chi connectivity index (χ2v) is 9.00. The van der Waals surface area contributed by atoms with Crippen molar-refractivity contribution < 1.29 is 13.2 Å². The Kier molecular flexibility index (Phi) is 5.63. The molecule has 1 aliphatic rings. The summed E-state index contributed by atoms with van der Waals surface area (Å²) in [4.78, 5) is 3.34. The van der Waals surface area contributed by atoms with Crippen molar-refractivity contribution in [2.75, 3.05) is 33.3 Å². The van der Waals surface area contributed by atoms with Gasteiger partial charge in [0.2, 0.25) is 10.0 Å². The van der Waals surface area contributed by atoms with Gasteiger partial charge in [0.05, 0.1) is 18.1 Å². The zero-order chi connectivity index (χ0) is 18.7. The molecule has 0 spiro atoms. The molecule has 2 heterocycles. The van der Waals surface area contributed by atoms with E-state index in [9.17, 15) is 13.7 Å². The minimum Gasteiger partial charge on any atom is -0.497 e. The van der Waals surface area contributed by atoms with Gasteiger partial charge in [-0.25, -0.2) is 8.42 Å². The maximum Gasteiger partial charge on any atom is 0.243 e. The van der Waals surface area contributed by atoms with E-state index in [2.05, 4.69) is 6.07 Å². The number of aryl methyl sites for hydroxylation is 1. The lowest BCUT2D eigenvalue weighted by atomic mass is 10.2. The molecule has 1 fully saturated rings. The van der Waals surface area contributed by atoms with Crippen molar-refractivity contribution in [3.8, 4) is 11.8 Å². The van der Waals surface area contributed by atoms with E-state index in [0.717, 1.165) is 4.88 Å². The van der Waals surface area contributed by atoms with Gasteiger partial charge in [-0.1, -0.05) is 6.07 Å². The largest absolute Gasteiger partial charge is 0.497 e. The fourth-order valence-corrected chi connectivity index (χ4v) is 5.58. The number of methoxy groups -OCH3 is 1. The summed E-state index contributed by atoms with van der Waals surface area (Å²) >= 11 is 1.55. The van der Waals surface area contributed by atoms with E-state index < -0.39 is 10.0 Å². The monoisotopic (exact) mass is 391 g/mol. The van der Waals surface area contributed by atoms with Crippen LogP contribution in [0, 0.1) is 18.3 Å². The van der Waals surface area contributed by atoms with Crippen molar-refractivity contribution in [3.05, 3.63) is 46.2 Å². The lowest BCUT2D eigenvalue weighted by Gasteiger charge is -2.36. The fraction of sp³-hybridized carbons (Fsp3) is 0.389. The normalized spacial score (nSPS) is 17.6. The Labute approximate surface area is 158 Å². The standard InChI is InChI=1S/C18H21N3O3S2/c1-14-12-15(24-2)5-6-18(14)26(22,23)21-9-7-20(8-10-21)16(13-19)17-4-3-11-25-17/h3-6,11-12,16H,7-10H2,1-2H3. The van der Waals surface area contributed by atoms with Gasteiger partial charge in [0.25, 0.3) is 0 Å². The summed E-state index contributed by atoms with van der Waals surface area (Å²) < 4.78 is 32.6. The molecule has 0 aliphatic carbocycles. The number of thiophene rings is 1. The molecule has 0 bridgehead atoms. The number of piperazine rings is 1. The first kappa shape index (κ1) is 18.9. The molecule has 1 aromatic carbocycles. The average molecular weight is 392 g/mol. The first-order valence-corrected chi connectivity index (χ1v) is 10.6. The van der Waals surface area contributed by atoms with Crippen LogP contribution in [0.2, 0.25) is 0 Å². The molecular weight excluding hydrogens is 370 g/mol. The molecule has 0 radical (unpaired) electrons. The van der Waals surface area contributed by atoms with Gasteiger partial charge in [-0.05, 0) is 42.1 Å². The van der Waals surface area contributed by atoms with Gasteiger partial charge in [0, 0.05) is 31.1 Å². The summed E-state index contributed by atoms with van der Waals surface area (Å²) in [7, 11) is -2.00. The maximum absolute atomic E-state index is 13.0. The van der Waals surface area contributed by atoms with E-state index in [1.54, 1.807) is 43.6 Å². The lowest BCUT2D eigenvalue weighted by molar-refractivity contribution is 0.164. The number of rotatable bonds is 5. The number of ether oxygens (including phenoxy) is 1. The smallest absolute Gasteiger partial charge is 0.243 e. The van der Waals surface area contributed by atoms with Crippen LogP contribution in [0.3, 0.4) is 0 Å². The Morgan fingerprint density at radius 2 is 1.96 bits per heavy atom. The van der Waals surface area contributed by atoms with Crippen LogP contribution in [0.4, 0.5) is 0 Å². The van der Waals surface area contributed by atoms with E-state index in [4.69, 9.17) is 4.74 Å². The van der Waals surface area contributed by atoms with E-state index >= 15 is 0 Å². The molecular formula is C18H21N3O3S2. The highest BCUT2D eigenvalue weighted by Gasteiger charge is 2.32. The van der Waals surface area contributed by atoms with E-state index in [1.165, 1.54) is 4.31 Å². The summed E-state index contributed by atoms with van der Waals surface area (Å²) in [5.74, 6) is 0.638. The molecule has 1 aromatic heterocycles. The molecule has 0 saturated carbocycles. The van der Waals surface area contributed by atoms with Crippen molar-refractivity contribution in [3.63, 3.8) is 0 Å². The molecule has 1 aliphatic heterocycles. The quantitative estimate of drug-likeness (QED) is 0.783. The van der Waals surface area contributed by atoms with Crippen LogP contribution in [-0.2, 0) is 10.0 Å². The molecule has 1 atom stereocenters. The van der Waals surface area contributed by atoms with Crippen LogP contribution >= 0.6 is 11.3 Å². The molecule has 0 amide bonds. The molecule has 1 unspecified atom stereocenters. The number of benzene rings is 1. The van der Waals surface area contributed by atoms with Crippen LogP contribution in [0.15, 0.2) is 40.6 Å². The number of nitrogens with zero attached hydrogens (tertiary/aromatic N) is 3. The van der Waals surface area contributed by atoms with Crippen molar-refractivity contribution in [1.29, 1.82) is 5.26 Å². The van der Waals surface area contributed by atoms with Crippen molar-refractivity contribution in [1.82, 2.24) is 9.21 Å². The third-order valence-electron chi connectivity index (χ3n) is 4.57. The van der Waals surface area contributed by atoms with Crippen molar-refractivity contribution >= 4 is 21.4 Å². The van der Waals surface area contributed by atoms with Crippen LogP contribution < -0.4 is 4.74 Å². The molecule has 138 valence electrons. The first-order chi connectivity index (χ1) is 12.5. The van der Waals surface area contributed by atoms with Gasteiger partial charge in [-0.2, -0.15) is 9.57 Å². The van der Waals surface area contributed by atoms with Gasteiger partial charge in [0.1, 0.15) is 11.8 Å². The second-order valence-electron chi connectivity index (χ2n) is 6.12. The zero-order valence-corrected chi connectivity index (χ0v) is 16.4. The summed E-state index contributed by atoms with van der Waals surface area (Å²) in [6, 6.07) is 10.9. The third-order valence-corrected chi connectivity index (χ3v) is 7.56. The Morgan fingerprint density at radius 1 is 1.23 bits per heavy atom. The number of nitriles is 1. The molecule has 2 aromatic rings. The molecule has 6 nitrogen and oxygen atoms in total. The van der Waals surface area contributed by atoms with Gasteiger partial charge < -0.3 is 4.74 Å². The van der Waals surface area contributed by atoms with Gasteiger partial charge in [0.15, 0.2) is 0 Å². The summed E-state index contributed by atoms with van der Waals surface area (Å²) in [5, 5.41) is 11.5. The maximum atomic E-state index is 13.0. The van der Waals surface area contributed by atoms with Crippen LogP contribution in [0.5, 0.6) is 5.75 Å². The van der Waals surface area contributed by atoms with Crippen molar-refractivity contribution in [2.45, 2.75) is 17.9 Å². The minimum atomic E-state index is -3.56. The molecule has 26 heavy (non-hydrogen) atoms. The number of hydrogen-bond donors (Lipinski definition) is 0. The lowest BCUT2D eigenvalue weighted by Crippen LogP contribution is -2.49. The average Bonchev–Trinajstić information content (AvgIpc) is 3.17. The third kappa shape index (κ3) is 3.62. The van der Waals surface area contributed by atoms with Gasteiger partial charge in [-0.15, -0.1) is 11.3 Å². The van der Waals surface area contributed by atoms with Crippen LogP contribution in [0.1, 0.15) is 16.5 Å². The zero-order valence-electron chi connectivity index (χ0n) is 14.8. The highest BCUT2D eigenvalue weighted by molar-refractivity contribution is 7.89. The highest BCUT2D eigenvalue weighted by Crippen LogP contribution is 2.28. The Bertz CT molecular complexity index is 896. The molecule has 8 heteroatoms. The Balaban J connectivity index is 1.74. The van der Waals surface area contributed by atoms with E-state index in [-0.39, 0.29) is 6.04 Å². The summed E-state index contributed by atoms with van der Waals surface area (Å²) in [5.41, 5.74) is 0.667. The first-order valence-electron chi connectivity index (χ1n) is 8.29. The predicted molar refractivity (Wildman–Crippen MR) is 101 cm³/mol. The topological polar surface area (TPSA) is 73.6 Å². The van der Waals surface area contributed by atoms with Crippen LogP contribution in [0.25, 0.3) is 0 Å². The molecule has 0 N–H and O–H groups in total. The molecule has 1 saturated heterocycles. The number of hydrogen-bond acceptors (Lipinski definition) is 6. The predicted octanol–water partition coefficient (Wildman–Crippen LogP) is 2.64. The second kappa shape index (κ2) is 7.76. The van der Waals surface area contributed by atoms with Gasteiger partial charge in [-0.3, -0.25) is 4.90 Å². The van der Waals surface area contributed by atoms with E-state index in [0.29, 0.717) is 42.4 Å². The Hall–Kier alpha value is -1.92. The fourth-order valence-electron chi connectivity index (χ4n) is 3.15. The minimum absolute atomic E-state index is 0.307.